The van der Waals surface area contributed by atoms with E-state index in [1.165, 1.54) is 29.8 Å². The van der Waals surface area contributed by atoms with Crippen molar-refractivity contribution in [2.75, 3.05) is 5.32 Å². The normalized spacial score (nSPS) is 10.4. The molecule has 0 radical (unpaired) electrons. The number of anilines is 1. The van der Waals surface area contributed by atoms with Crippen LogP contribution in [0.5, 0.6) is 0 Å². The first-order valence-corrected chi connectivity index (χ1v) is 8.27. The smallest absolute Gasteiger partial charge is 0.256 e. The van der Waals surface area contributed by atoms with Crippen LogP contribution >= 0.6 is 11.8 Å². The number of thioether (sulfide) groups is 1. The van der Waals surface area contributed by atoms with Crippen LogP contribution in [0.2, 0.25) is 0 Å². The Bertz CT molecular complexity index is 825. The fourth-order valence-corrected chi connectivity index (χ4v) is 2.78. The van der Waals surface area contributed by atoms with E-state index >= 15 is 0 Å². The summed E-state index contributed by atoms with van der Waals surface area (Å²) in [6.45, 7) is 0. The van der Waals surface area contributed by atoms with Crippen molar-refractivity contribution in [3.8, 4) is 0 Å². The van der Waals surface area contributed by atoms with Gasteiger partial charge >= 0.3 is 0 Å². The number of benzene rings is 2. The third-order valence-electron chi connectivity index (χ3n) is 3.20. The van der Waals surface area contributed by atoms with Crippen LogP contribution in [0, 0.1) is 5.82 Å². The highest BCUT2D eigenvalue weighted by atomic mass is 32.2. The minimum Gasteiger partial charge on any atom is -0.305 e. The second-order valence-electron chi connectivity index (χ2n) is 5.00. The van der Waals surface area contributed by atoms with Gasteiger partial charge in [0.15, 0.2) is 5.82 Å². The molecule has 3 aromatic rings. The molecule has 24 heavy (non-hydrogen) atoms. The third kappa shape index (κ3) is 4.39. The summed E-state index contributed by atoms with van der Waals surface area (Å²) in [4.78, 5) is 12.0. The second kappa shape index (κ2) is 7.70. The Morgan fingerprint density at radius 3 is 2.54 bits per heavy atom. The van der Waals surface area contributed by atoms with Gasteiger partial charge in [-0.1, -0.05) is 48.2 Å². The van der Waals surface area contributed by atoms with Crippen molar-refractivity contribution in [1.82, 2.24) is 10.2 Å². The molecule has 3 rings (SSSR count). The van der Waals surface area contributed by atoms with E-state index in [1.807, 2.05) is 30.3 Å². The van der Waals surface area contributed by atoms with Gasteiger partial charge in [-0.2, -0.15) is 0 Å². The summed E-state index contributed by atoms with van der Waals surface area (Å²) in [6.07, 6.45) is 0. The van der Waals surface area contributed by atoms with E-state index in [2.05, 4.69) is 15.5 Å². The minimum atomic E-state index is -0.457. The lowest BCUT2D eigenvalue weighted by molar-refractivity contribution is 0.102. The van der Waals surface area contributed by atoms with Gasteiger partial charge in [0.25, 0.3) is 5.91 Å². The molecule has 1 amide bonds. The fourth-order valence-electron chi connectivity index (χ4n) is 2.01. The number of nitrogens with one attached hydrogen (secondary N) is 1. The fraction of sp³-hybridized carbons (Fsp3) is 0.0556. The zero-order valence-electron chi connectivity index (χ0n) is 12.6. The third-order valence-corrected chi connectivity index (χ3v) is 4.19. The first-order chi connectivity index (χ1) is 11.7. The maximum Gasteiger partial charge on any atom is 0.256 e. The number of rotatable bonds is 5. The van der Waals surface area contributed by atoms with Crippen LogP contribution in [0.15, 0.2) is 71.8 Å². The average Bonchev–Trinajstić information content (AvgIpc) is 2.62. The molecule has 0 unspecified atom stereocenters. The first-order valence-electron chi connectivity index (χ1n) is 7.28. The summed E-state index contributed by atoms with van der Waals surface area (Å²) in [7, 11) is 0. The Kier molecular flexibility index (Phi) is 5.18. The van der Waals surface area contributed by atoms with Gasteiger partial charge in [-0.15, -0.1) is 10.2 Å². The largest absolute Gasteiger partial charge is 0.305 e. The van der Waals surface area contributed by atoms with Gasteiger partial charge in [-0.05, 0) is 35.9 Å². The summed E-state index contributed by atoms with van der Waals surface area (Å²) >= 11 is 1.56. The molecule has 0 fully saturated rings. The molecular formula is C18H14FN3OS. The maximum absolute atomic E-state index is 13.1. The van der Waals surface area contributed by atoms with Crippen molar-refractivity contribution >= 4 is 23.5 Å². The Labute approximate surface area is 143 Å². The SMILES string of the molecule is O=C(Nc1ccc(SCc2ccccc2)nn1)c1cccc(F)c1. The van der Waals surface area contributed by atoms with Gasteiger partial charge in [0.05, 0.1) is 0 Å². The molecule has 2 aromatic carbocycles. The van der Waals surface area contributed by atoms with E-state index in [0.717, 1.165) is 10.8 Å². The van der Waals surface area contributed by atoms with E-state index in [-0.39, 0.29) is 5.56 Å². The number of amides is 1. The van der Waals surface area contributed by atoms with Gasteiger partial charge in [-0.3, -0.25) is 4.79 Å². The molecule has 1 aromatic heterocycles. The van der Waals surface area contributed by atoms with E-state index in [0.29, 0.717) is 5.82 Å². The van der Waals surface area contributed by atoms with Gasteiger partial charge in [0, 0.05) is 11.3 Å². The Morgan fingerprint density at radius 2 is 1.83 bits per heavy atom. The molecule has 0 saturated carbocycles. The summed E-state index contributed by atoms with van der Waals surface area (Å²) in [5, 5.41) is 11.4. The molecule has 0 aliphatic rings. The monoisotopic (exact) mass is 339 g/mol. The quantitative estimate of drug-likeness (QED) is 0.709. The highest BCUT2D eigenvalue weighted by molar-refractivity contribution is 7.98. The number of carbonyl (C=O) groups is 1. The highest BCUT2D eigenvalue weighted by Crippen LogP contribution is 2.20. The van der Waals surface area contributed by atoms with E-state index in [4.69, 9.17) is 0 Å². The van der Waals surface area contributed by atoms with Crippen LogP contribution < -0.4 is 5.32 Å². The maximum atomic E-state index is 13.1. The second-order valence-corrected chi connectivity index (χ2v) is 5.99. The van der Waals surface area contributed by atoms with E-state index in [1.54, 1.807) is 23.9 Å². The van der Waals surface area contributed by atoms with Crippen molar-refractivity contribution in [2.24, 2.45) is 0 Å². The summed E-state index contributed by atoms with van der Waals surface area (Å²) in [5.41, 5.74) is 1.44. The predicted molar refractivity (Wildman–Crippen MR) is 92.4 cm³/mol. The van der Waals surface area contributed by atoms with Crippen LogP contribution in [0.3, 0.4) is 0 Å². The van der Waals surface area contributed by atoms with Crippen molar-refractivity contribution in [3.63, 3.8) is 0 Å². The van der Waals surface area contributed by atoms with E-state index in [9.17, 15) is 9.18 Å². The minimum absolute atomic E-state index is 0.235. The molecule has 4 nitrogen and oxygen atoms in total. The van der Waals surface area contributed by atoms with Crippen molar-refractivity contribution in [2.45, 2.75) is 10.8 Å². The van der Waals surface area contributed by atoms with Crippen LogP contribution in [0.1, 0.15) is 15.9 Å². The molecule has 0 spiro atoms. The average molecular weight is 339 g/mol. The summed E-state index contributed by atoms with van der Waals surface area (Å²) < 4.78 is 13.1. The van der Waals surface area contributed by atoms with Crippen LogP contribution in [-0.4, -0.2) is 16.1 Å². The number of nitrogens with zero attached hydrogens (tertiary/aromatic N) is 2. The van der Waals surface area contributed by atoms with Crippen molar-refractivity contribution < 1.29 is 9.18 Å². The molecule has 1 heterocycles. The zero-order chi connectivity index (χ0) is 16.8. The highest BCUT2D eigenvalue weighted by Gasteiger charge is 2.08. The van der Waals surface area contributed by atoms with Gasteiger partial charge in [0.2, 0.25) is 0 Å². The first kappa shape index (κ1) is 16.1. The summed E-state index contributed by atoms with van der Waals surface area (Å²) in [6, 6.07) is 19.0. The number of carbonyl (C=O) groups excluding carboxylic acids is 1. The molecule has 0 bridgehead atoms. The molecule has 0 saturated heterocycles. The molecule has 6 heteroatoms. The van der Waals surface area contributed by atoms with Crippen molar-refractivity contribution in [3.05, 3.63) is 83.7 Å². The van der Waals surface area contributed by atoms with Crippen LogP contribution in [-0.2, 0) is 5.75 Å². The lowest BCUT2D eigenvalue weighted by Crippen LogP contribution is -2.13. The predicted octanol–water partition coefficient (Wildman–Crippen LogP) is 4.16. The molecule has 120 valence electrons. The van der Waals surface area contributed by atoms with Crippen LogP contribution in [0.4, 0.5) is 10.2 Å². The zero-order valence-corrected chi connectivity index (χ0v) is 13.5. The lowest BCUT2D eigenvalue weighted by Gasteiger charge is -2.05. The molecular weight excluding hydrogens is 325 g/mol. The number of aromatic nitrogens is 2. The standard InChI is InChI=1S/C18H14FN3OS/c19-15-8-4-7-14(11-15)18(23)20-16-9-10-17(22-21-16)24-12-13-5-2-1-3-6-13/h1-11H,12H2,(H,20,21,23). The van der Waals surface area contributed by atoms with Gasteiger partial charge in [-0.25, -0.2) is 4.39 Å². The Balaban J connectivity index is 1.59. The molecule has 1 N–H and O–H groups in total. The molecule has 0 aliphatic carbocycles. The number of halogens is 1. The lowest BCUT2D eigenvalue weighted by atomic mass is 10.2. The van der Waals surface area contributed by atoms with Gasteiger partial charge < -0.3 is 5.32 Å². The topological polar surface area (TPSA) is 54.9 Å². The Morgan fingerprint density at radius 1 is 1.00 bits per heavy atom. The number of hydrogen-bond acceptors (Lipinski definition) is 4. The molecule has 0 atom stereocenters. The van der Waals surface area contributed by atoms with Crippen LogP contribution in [0.25, 0.3) is 0 Å². The van der Waals surface area contributed by atoms with Crippen molar-refractivity contribution in [1.29, 1.82) is 0 Å². The molecule has 0 aliphatic heterocycles. The van der Waals surface area contributed by atoms with E-state index < -0.39 is 11.7 Å². The Hall–Kier alpha value is -2.73. The van der Waals surface area contributed by atoms with Gasteiger partial charge in [0.1, 0.15) is 10.8 Å². The number of hydrogen-bond donors (Lipinski definition) is 1. The summed E-state index contributed by atoms with van der Waals surface area (Å²) in [5.74, 6) is 0.244.